The molecule has 4 nitrogen and oxygen atoms in total. The number of hydrogen-bond donors (Lipinski definition) is 1. The molecule has 0 bridgehead atoms. The van der Waals surface area contributed by atoms with Crippen LogP contribution < -0.4 is 0 Å². The monoisotopic (exact) mass is 174 g/mol. The van der Waals surface area contributed by atoms with Gasteiger partial charge in [0.05, 0.1) is 0 Å². The molecule has 0 aromatic rings. The van der Waals surface area contributed by atoms with E-state index in [9.17, 15) is 9.59 Å². The summed E-state index contributed by atoms with van der Waals surface area (Å²) in [5, 5.41) is 8.74. The van der Waals surface area contributed by atoms with Crippen LogP contribution in [0, 0.1) is 0 Å². The van der Waals surface area contributed by atoms with Gasteiger partial charge >= 0.3 is 5.97 Å². The minimum atomic E-state index is -1.17. The standard InChI is InChI=1S/C8H14O4/c1-4-7(10)6(3)12-8(11)5(2)9/h5-6,9H,4H2,1-3H3. The van der Waals surface area contributed by atoms with Gasteiger partial charge in [0.1, 0.15) is 6.10 Å². The summed E-state index contributed by atoms with van der Waals surface area (Å²) in [5.41, 5.74) is 0. The number of ketones is 1. The SMILES string of the molecule is CCC(=O)C(C)OC(=O)C(C)O. The van der Waals surface area contributed by atoms with Gasteiger partial charge in [-0.3, -0.25) is 4.79 Å². The Hall–Kier alpha value is -0.900. The fourth-order valence-corrected chi connectivity index (χ4v) is 0.626. The first-order chi connectivity index (χ1) is 5.49. The van der Waals surface area contributed by atoms with Crippen LogP contribution in [-0.4, -0.2) is 29.1 Å². The third-order valence-corrected chi connectivity index (χ3v) is 1.44. The van der Waals surface area contributed by atoms with E-state index in [-0.39, 0.29) is 5.78 Å². The predicted molar refractivity (Wildman–Crippen MR) is 42.5 cm³/mol. The molecule has 0 fully saturated rings. The minimum absolute atomic E-state index is 0.149. The third-order valence-electron chi connectivity index (χ3n) is 1.44. The van der Waals surface area contributed by atoms with E-state index < -0.39 is 18.2 Å². The zero-order chi connectivity index (χ0) is 9.72. The molecular weight excluding hydrogens is 160 g/mol. The average molecular weight is 174 g/mol. The number of rotatable bonds is 4. The first-order valence-electron chi connectivity index (χ1n) is 3.90. The molecule has 0 radical (unpaired) electrons. The molecule has 2 unspecified atom stereocenters. The van der Waals surface area contributed by atoms with Gasteiger partial charge in [-0.25, -0.2) is 4.79 Å². The average Bonchev–Trinajstić information content (AvgIpc) is 2.02. The smallest absolute Gasteiger partial charge is 0.335 e. The van der Waals surface area contributed by atoms with Gasteiger partial charge in [-0.05, 0) is 13.8 Å². The maximum Gasteiger partial charge on any atom is 0.335 e. The largest absolute Gasteiger partial charge is 0.453 e. The maximum atomic E-state index is 10.9. The molecule has 0 aliphatic carbocycles. The van der Waals surface area contributed by atoms with Crippen molar-refractivity contribution in [3.05, 3.63) is 0 Å². The lowest BCUT2D eigenvalue weighted by molar-refractivity contribution is -0.161. The van der Waals surface area contributed by atoms with Crippen LogP contribution >= 0.6 is 0 Å². The summed E-state index contributed by atoms with van der Waals surface area (Å²) in [6, 6.07) is 0. The number of esters is 1. The van der Waals surface area contributed by atoms with Crippen molar-refractivity contribution in [2.75, 3.05) is 0 Å². The summed E-state index contributed by atoms with van der Waals surface area (Å²) < 4.78 is 4.63. The van der Waals surface area contributed by atoms with Crippen LogP contribution in [0.4, 0.5) is 0 Å². The van der Waals surface area contributed by atoms with Gasteiger partial charge in [-0.2, -0.15) is 0 Å². The van der Waals surface area contributed by atoms with Crippen LogP contribution in [0.1, 0.15) is 27.2 Å². The summed E-state index contributed by atoms with van der Waals surface area (Å²) >= 11 is 0. The fourth-order valence-electron chi connectivity index (χ4n) is 0.626. The number of Topliss-reactive ketones (excluding diaryl/α,β-unsaturated/α-hetero) is 1. The number of aliphatic hydroxyl groups excluding tert-OH is 1. The Labute approximate surface area is 71.5 Å². The third kappa shape index (κ3) is 3.48. The van der Waals surface area contributed by atoms with Crippen molar-refractivity contribution in [3.8, 4) is 0 Å². The van der Waals surface area contributed by atoms with Gasteiger partial charge in [-0.1, -0.05) is 6.92 Å². The molecule has 0 aromatic heterocycles. The van der Waals surface area contributed by atoms with Crippen molar-refractivity contribution in [3.63, 3.8) is 0 Å². The van der Waals surface area contributed by atoms with E-state index in [0.717, 1.165) is 0 Å². The molecule has 0 rings (SSSR count). The molecule has 4 heteroatoms. The Morgan fingerprint density at radius 2 is 1.92 bits per heavy atom. The summed E-state index contributed by atoms with van der Waals surface area (Å²) in [6.07, 6.45) is -1.59. The van der Waals surface area contributed by atoms with E-state index in [1.165, 1.54) is 13.8 Å². The number of carbonyl (C=O) groups excluding carboxylic acids is 2. The van der Waals surface area contributed by atoms with E-state index in [2.05, 4.69) is 4.74 Å². The summed E-state index contributed by atoms with van der Waals surface area (Å²) in [5.74, 6) is -0.909. The molecule has 70 valence electrons. The molecule has 2 atom stereocenters. The second kappa shape index (κ2) is 4.87. The molecule has 0 aliphatic heterocycles. The Kier molecular flexibility index (Phi) is 4.51. The van der Waals surface area contributed by atoms with Crippen molar-refractivity contribution in [2.24, 2.45) is 0 Å². The Morgan fingerprint density at radius 1 is 1.42 bits per heavy atom. The lowest BCUT2D eigenvalue weighted by atomic mass is 10.2. The Bertz CT molecular complexity index is 174. The van der Waals surface area contributed by atoms with Crippen molar-refractivity contribution >= 4 is 11.8 Å². The second-order valence-corrected chi connectivity index (χ2v) is 2.57. The number of carbonyl (C=O) groups is 2. The van der Waals surface area contributed by atoms with Gasteiger partial charge in [0.2, 0.25) is 0 Å². The van der Waals surface area contributed by atoms with Gasteiger partial charge in [0.25, 0.3) is 0 Å². The van der Waals surface area contributed by atoms with E-state index in [1.807, 2.05) is 0 Å². The quantitative estimate of drug-likeness (QED) is 0.622. The van der Waals surface area contributed by atoms with Crippen LogP contribution in [-0.2, 0) is 14.3 Å². The lowest BCUT2D eigenvalue weighted by Gasteiger charge is -2.11. The lowest BCUT2D eigenvalue weighted by Crippen LogP contribution is -2.28. The number of ether oxygens (including phenoxy) is 1. The van der Waals surface area contributed by atoms with Gasteiger partial charge in [-0.15, -0.1) is 0 Å². The number of hydrogen-bond acceptors (Lipinski definition) is 4. The zero-order valence-electron chi connectivity index (χ0n) is 7.53. The molecule has 1 N–H and O–H groups in total. The van der Waals surface area contributed by atoms with Crippen LogP contribution in [0.5, 0.6) is 0 Å². The first-order valence-corrected chi connectivity index (χ1v) is 3.90. The van der Waals surface area contributed by atoms with Gasteiger partial charge < -0.3 is 9.84 Å². The van der Waals surface area contributed by atoms with Crippen LogP contribution in [0.2, 0.25) is 0 Å². The summed E-state index contributed by atoms with van der Waals surface area (Å²) in [4.78, 5) is 21.7. The zero-order valence-corrected chi connectivity index (χ0v) is 7.53. The summed E-state index contributed by atoms with van der Waals surface area (Å²) in [6.45, 7) is 4.48. The van der Waals surface area contributed by atoms with Crippen molar-refractivity contribution in [2.45, 2.75) is 39.4 Å². The maximum absolute atomic E-state index is 10.9. The van der Waals surface area contributed by atoms with Gasteiger partial charge in [0, 0.05) is 6.42 Å². The molecule has 0 aromatic carbocycles. The predicted octanol–water partition coefficient (Wildman–Crippen LogP) is 0.278. The van der Waals surface area contributed by atoms with Crippen molar-refractivity contribution < 1.29 is 19.4 Å². The van der Waals surface area contributed by atoms with Crippen molar-refractivity contribution in [1.82, 2.24) is 0 Å². The molecule has 0 amide bonds. The molecule has 12 heavy (non-hydrogen) atoms. The minimum Gasteiger partial charge on any atom is -0.453 e. The molecule has 0 saturated heterocycles. The second-order valence-electron chi connectivity index (χ2n) is 2.57. The van der Waals surface area contributed by atoms with Crippen molar-refractivity contribution in [1.29, 1.82) is 0 Å². The van der Waals surface area contributed by atoms with E-state index in [1.54, 1.807) is 6.92 Å². The fraction of sp³-hybridized carbons (Fsp3) is 0.750. The summed E-state index contributed by atoms with van der Waals surface area (Å²) in [7, 11) is 0. The first kappa shape index (κ1) is 11.1. The van der Waals surface area contributed by atoms with Crippen LogP contribution in [0.15, 0.2) is 0 Å². The topological polar surface area (TPSA) is 63.6 Å². The highest BCUT2D eigenvalue weighted by Crippen LogP contribution is 1.98. The highest BCUT2D eigenvalue weighted by atomic mass is 16.6. The molecule has 0 heterocycles. The normalized spacial score (nSPS) is 15.0. The van der Waals surface area contributed by atoms with E-state index in [4.69, 9.17) is 5.11 Å². The van der Waals surface area contributed by atoms with E-state index in [0.29, 0.717) is 6.42 Å². The Morgan fingerprint density at radius 3 is 2.25 bits per heavy atom. The van der Waals surface area contributed by atoms with Crippen LogP contribution in [0.3, 0.4) is 0 Å². The van der Waals surface area contributed by atoms with Crippen LogP contribution in [0.25, 0.3) is 0 Å². The molecule has 0 saturated carbocycles. The molecule has 0 aliphatic rings. The molecular formula is C8H14O4. The molecule has 0 spiro atoms. The Balaban J connectivity index is 3.92. The van der Waals surface area contributed by atoms with E-state index >= 15 is 0 Å². The number of aliphatic hydroxyl groups is 1. The highest BCUT2D eigenvalue weighted by molar-refractivity contribution is 5.85. The highest BCUT2D eigenvalue weighted by Gasteiger charge is 2.18. The van der Waals surface area contributed by atoms with Gasteiger partial charge in [0.15, 0.2) is 11.9 Å².